The minimum atomic E-state index is 0.328. The van der Waals surface area contributed by atoms with Gasteiger partial charge in [0.15, 0.2) is 0 Å². The maximum Gasteiger partial charge on any atom is 0.139 e. The van der Waals surface area contributed by atoms with Crippen LogP contribution in [0.2, 0.25) is 0 Å². The summed E-state index contributed by atoms with van der Waals surface area (Å²) in [4.78, 5) is 11.7. The summed E-state index contributed by atoms with van der Waals surface area (Å²) in [7, 11) is 0. The molecule has 0 aromatic carbocycles. The second kappa shape index (κ2) is 8.81. The van der Waals surface area contributed by atoms with Crippen molar-refractivity contribution < 1.29 is 10.0 Å². The smallest absolute Gasteiger partial charge is 0.139 e. The summed E-state index contributed by atoms with van der Waals surface area (Å²) in [6, 6.07) is 0. The second-order valence-corrected chi connectivity index (χ2v) is 6.18. The van der Waals surface area contributed by atoms with E-state index in [4.69, 9.17) is 5.21 Å². The molecule has 3 aliphatic rings. The molecule has 1 unspecified atom stereocenters. The van der Waals surface area contributed by atoms with E-state index in [1.807, 2.05) is 12.2 Å². The van der Waals surface area contributed by atoms with Crippen molar-refractivity contribution >= 4 is 11.5 Å². The molecule has 0 heterocycles. The van der Waals surface area contributed by atoms with Gasteiger partial charge in [0, 0.05) is 12.3 Å². The maximum atomic E-state index is 11.7. The summed E-state index contributed by atoms with van der Waals surface area (Å²) >= 11 is 0. The Morgan fingerprint density at radius 1 is 1.00 bits per heavy atom. The quantitative estimate of drug-likeness (QED) is 0.428. The SMILES string of the molecule is O=C1CCCCC1C1=CCCCC1.ON=C1C=CCCC1. The second-order valence-electron chi connectivity index (χ2n) is 6.18. The van der Waals surface area contributed by atoms with Gasteiger partial charge < -0.3 is 5.21 Å². The van der Waals surface area contributed by atoms with Gasteiger partial charge in [-0.15, -0.1) is 0 Å². The van der Waals surface area contributed by atoms with Gasteiger partial charge in [-0.3, -0.25) is 4.79 Å². The number of Topliss-reactive ketones (excluding diaryl/α,β-unsaturated/α-hetero) is 1. The molecular formula is C18H27NO2. The predicted molar refractivity (Wildman–Crippen MR) is 85.7 cm³/mol. The molecule has 0 saturated heterocycles. The van der Waals surface area contributed by atoms with E-state index in [1.165, 1.54) is 37.7 Å². The Hall–Kier alpha value is -1.38. The van der Waals surface area contributed by atoms with Crippen molar-refractivity contribution in [3.8, 4) is 0 Å². The van der Waals surface area contributed by atoms with Gasteiger partial charge in [-0.05, 0) is 63.9 Å². The molecule has 116 valence electrons. The van der Waals surface area contributed by atoms with Crippen LogP contribution in [0.5, 0.6) is 0 Å². The van der Waals surface area contributed by atoms with E-state index in [0.29, 0.717) is 11.7 Å². The lowest BCUT2D eigenvalue weighted by molar-refractivity contribution is -0.123. The van der Waals surface area contributed by atoms with Crippen molar-refractivity contribution in [3.63, 3.8) is 0 Å². The lowest BCUT2D eigenvalue weighted by Crippen LogP contribution is -2.21. The summed E-state index contributed by atoms with van der Waals surface area (Å²) < 4.78 is 0. The van der Waals surface area contributed by atoms with Gasteiger partial charge in [-0.25, -0.2) is 0 Å². The molecule has 0 spiro atoms. The number of nitrogens with zero attached hydrogens (tertiary/aromatic N) is 1. The Labute approximate surface area is 127 Å². The van der Waals surface area contributed by atoms with Gasteiger partial charge in [0.05, 0.1) is 5.71 Å². The monoisotopic (exact) mass is 289 g/mol. The number of hydrogen-bond donors (Lipinski definition) is 1. The van der Waals surface area contributed by atoms with E-state index in [0.717, 1.165) is 44.2 Å². The Morgan fingerprint density at radius 2 is 1.86 bits per heavy atom. The molecule has 0 aromatic rings. The molecule has 0 bridgehead atoms. The minimum absolute atomic E-state index is 0.328. The summed E-state index contributed by atoms with van der Waals surface area (Å²) in [5.74, 6) is 0.841. The van der Waals surface area contributed by atoms with Crippen LogP contribution in [0.25, 0.3) is 0 Å². The molecule has 1 N–H and O–H groups in total. The highest BCUT2D eigenvalue weighted by Crippen LogP contribution is 2.32. The zero-order valence-electron chi connectivity index (χ0n) is 12.9. The number of ketones is 1. The topological polar surface area (TPSA) is 49.7 Å². The van der Waals surface area contributed by atoms with Crippen molar-refractivity contribution in [2.45, 2.75) is 70.6 Å². The molecule has 3 heteroatoms. The first-order chi connectivity index (χ1) is 10.3. The Kier molecular flexibility index (Phi) is 6.71. The normalized spacial score (nSPS) is 27.8. The molecule has 1 saturated carbocycles. The number of carbonyl (C=O) groups excluding carboxylic acids is 1. The van der Waals surface area contributed by atoms with Gasteiger partial charge in [0.1, 0.15) is 5.78 Å². The molecule has 1 fully saturated rings. The Bertz CT molecular complexity index is 434. The van der Waals surface area contributed by atoms with Crippen LogP contribution in [0.4, 0.5) is 0 Å². The third kappa shape index (κ3) is 5.14. The highest BCUT2D eigenvalue weighted by Gasteiger charge is 2.25. The van der Waals surface area contributed by atoms with Gasteiger partial charge >= 0.3 is 0 Å². The van der Waals surface area contributed by atoms with Crippen molar-refractivity contribution in [1.82, 2.24) is 0 Å². The molecule has 0 aliphatic heterocycles. The van der Waals surface area contributed by atoms with E-state index in [9.17, 15) is 4.79 Å². The molecular weight excluding hydrogens is 262 g/mol. The van der Waals surface area contributed by atoms with Gasteiger partial charge in [-0.1, -0.05) is 29.3 Å². The van der Waals surface area contributed by atoms with Crippen molar-refractivity contribution in [3.05, 3.63) is 23.8 Å². The maximum absolute atomic E-state index is 11.7. The molecule has 3 rings (SSSR count). The fraction of sp³-hybridized carbons (Fsp3) is 0.667. The lowest BCUT2D eigenvalue weighted by atomic mass is 9.79. The molecule has 3 aliphatic carbocycles. The number of rotatable bonds is 1. The number of carbonyl (C=O) groups is 1. The first-order valence-electron chi connectivity index (χ1n) is 8.40. The van der Waals surface area contributed by atoms with E-state index >= 15 is 0 Å². The van der Waals surface area contributed by atoms with Crippen LogP contribution in [0.3, 0.4) is 0 Å². The van der Waals surface area contributed by atoms with E-state index in [-0.39, 0.29) is 0 Å². The third-order valence-electron chi connectivity index (χ3n) is 4.57. The summed E-state index contributed by atoms with van der Waals surface area (Å²) in [6.45, 7) is 0. The highest BCUT2D eigenvalue weighted by molar-refractivity contribution is 5.94. The van der Waals surface area contributed by atoms with Crippen LogP contribution in [-0.4, -0.2) is 16.7 Å². The van der Waals surface area contributed by atoms with E-state index in [2.05, 4.69) is 11.2 Å². The van der Waals surface area contributed by atoms with E-state index in [1.54, 1.807) is 0 Å². The average Bonchev–Trinajstić information content (AvgIpc) is 2.57. The van der Waals surface area contributed by atoms with Crippen molar-refractivity contribution in [2.24, 2.45) is 11.1 Å². The van der Waals surface area contributed by atoms with Gasteiger partial charge in [-0.2, -0.15) is 0 Å². The highest BCUT2D eigenvalue weighted by atomic mass is 16.4. The van der Waals surface area contributed by atoms with Crippen LogP contribution in [0, 0.1) is 5.92 Å². The molecule has 0 amide bonds. The zero-order chi connectivity index (χ0) is 14.9. The number of allylic oxidation sites excluding steroid dienone is 4. The largest absolute Gasteiger partial charge is 0.411 e. The van der Waals surface area contributed by atoms with E-state index < -0.39 is 0 Å². The van der Waals surface area contributed by atoms with Crippen molar-refractivity contribution in [2.75, 3.05) is 0 Å². The molecule has 21 heavy (non-hydrogen) atoms. The summed E-state index contributed by atoms with van der Waals surface area (Å²) in [5.41, 5.74) is 2.27. The zero-order valence-corrected chi connectivity index (χ0v) is 12.9. The number of oxime groups is 1. The molecule has 1 atom stereocenters. The van der Waals surface area contributed by atoms with Crippen LogP contribution >= 0.6 is 0 Å². The fourth-order valence-corrected chi connectivity index (χ4v) is 3.34. The van der Waals surface area contributed by atoms with Crippen LogP contribution in [-0.2, 0) is 4.79 Å². The van der Waals surface area contributed by atoms with Gasteiger partial charge in [0.25, 0.3) is 0 Å². The van der Waals surface area contributed by atoms with Crippen LogP contribution in [0.15, 0.2) is 29.0 Å². The predicted octanol–water partition coefficient (Wildman–Crippen LogP) is 4.80. The molecule has 3 nitrogen and oxygen atoms in total. The summed E-state index contributed by atoms with van der Waals surface area (Å²) in [5, 5.41) is 11.3. The standard InChI is InChI=1S/C12H18O.C6H9NO/c13-12-9-5-4-8-11(12)10-6-2-1-3-7-10;8-7-6-4-2-1-3-5-6/h6,11H,1-5,7-9H2;2,4,8H,1,3,5H2. The summed E-state index contributed by atoms with van der Waals surface area (Å²) in [6.07, 6.45) is 18.8. The third-order valence-corrected chi connectivity index (χ3v) is 4.57. The first-order valence-corrected chi connectivity index (χ1v) is 8.40. The number of hydrogen-bond acceptors (Lipinski definition) is 3. The van der Waals surface area contributed by atoms with Crippen LogP contribution < -0.4 is 0 Å². The fourth-order valence-electron chi connectivity index (χ4n) is 3.34. The minimum Gasteiger partial charge on any atom is -0.411 e. The first kappa shape index (κ1) is 16.0. The average molecular weight is 289 g/mol. The molecule has 0 radical (unpaired) electrons. The van der Waals surface area contributed by atoms with Crippen molar-refractivity contribution in [1.29, 1.82) is 0 Å². The van der Waals surface area contributed by atoms with Gasteiger partial charge in [0.2, 0.25) is 0 Å². The lowest BCUT2D eigenvalue weighted by Gasteiger charge is -2.25. The van der Waals surface area contributed by atoms with Crippen LogP contribution in [0.1, 0.15) is 70.6 Å². The Balaban J connectivity index is 0.000000173. The molecule has 0 aromatic heterocycles. The Morgan fingerprint density at radius 3 is 2.43 bits per heavy atom.